The fraction of sp³-hybridized carbons (Fsp3) is 0.500. The molecule has 0 aliphatic heterocycles. The normalized spacial score (nSPS) is 8.46. The minimum atomic E-state index is 0.198. The van der Waals surface area contributed by atoms with Gasteiger partial charge in [0, 0.05) is 6.54 Å². The number of nitriles is 1. The molecule has 0 saturated heterocycles. The molecule has 5 heteroatoms. The monoisotopic (exact) mass is 176 g/mol. The molecule has 0 aliphatic rings. The van der Waals surface area contributed by atoms with Crippen LogP contribution in [0.5, 0.6) is 0 Å². The smallest absolute Gasteiger partial charge is 0.181 e. The van der Waals surface area contributed by atoms with Crippen molar-refractivity contribution in [3.8, 4) is 6.07 Å². The lowest BCUT2D eigenvalue weighted by Gasteiger charge is -2.01. The highest BCUT2D eigenvalue weighted by Gasteiger charge is 2.07. The van der Waals surface area contributed by atoms with E-state index in [9.17, 15) is 0 Å². The zero-order chi connectivity index (χ0) is 10.4. The van der Waals surface area contributed by atoms with Gasteiger partial charge in [-0.3, -0.25) is 0 Å². The first kappa shape index (κ1) is 11.6. The van der Waals surface area contributed by atoms with Gasteiger partial charge in [-0.1, -0.05) is 13.8 Å². The van der Waals surface area contributed by atoms with Crippen molar-refractivity contribution in [3.05, 3.63) is 5.69 Å². The van der Waals surface area contributed by atoms with Crippen molar-refractivity contribution in [2.24, 2.45) is 0 Å². The molecule has 68 valence electrons. The zero-order valence-corrected chi connectivity index (χ0v) is 8.20. The van der Waals surface area contributed by atoms with E-state index in [1.807, 2.05) is 26.8 Å². The highest BCUT2D eigenvalue weighted by molar-refractivity contribution is 6.29. The quantitative estimate of drug-likeness (QED) is 0.620. The van der Waals surface area contributed by atoms with Crippen LogP contribution in [0.2, 0.25) is 0 Å². The van der Waals surface area contributed by atoms with Gasteiger partial charge >= 0.3 is 0 Å². The number of rotatable bonds is 1. The highest BCUT2D eigenvalue weighted by Crippen LogP contribution is 2.04. The summed E-state index contributed by atoms with van der Waals surface area (Å²) in [6, 6.07) is 1.85. The SMILES string of the molecule is CC.[B]c1nc(C#N)c(N)n1CC. The summed E-state index contributed by atoms with van der Waals surface area (Å²) in [7, 11) is 5.45. The van der Waals surface area contributed by atoms with Gasteiger partial charge in [-0.25, -0.2) is 4.98 Å². The first-order valence-corrected chi connectivity index (χ1v) is 4.22. The van der Waals surface area contributed by atoms with E-state index in [4.69, 9.17) is 18.8 Å². The van der Waals surface area contributed by atoms with Gasteiger partial charge in [0.05, 0.1) is 5.72 Å². The van der Waals surface area contributed by atoms with Crippen molar-refractivity contribution in [2.75, 3.05) is 5.73 Å². The van der Waals surface area contributed by atoms with Gasteiger partial charge in [0.2, 0.25) is 0 Å². The van der Waals surface area contributed by atoms with E-state index in [1.165, 1.54) is 0 Å². The number of anilines is 1. The number of aromatic nitrogens is 2. The summed E-state index contributed by atoms with van der Waals surface area (Å²) in [6.45, 7) is 6.52. The minimum absolute atomic E-state index is 0.198. The van der Waals surface area contributed by atoms with Crippen LogP contribution < -0.4 is 11.5 Å². The second-order valence-electron chi connectivity index (χ2n) is 2.06. The summed E-state index contributed by atoms with van der Waals surface area (Å²) < 4.78 is 1.58. The summed E-state index contributed by atoms with van der Waals surface area (Å²) >= 11 is 0. The number of nitrogens with zero attached hydrogens (tertiary/aromatic N) is 3. The second-order valence-corrected chi connectivity index (χ2v) is 2.06. The van der Waals surface area contributed by atoms with E-state index >= 15 is 0 Å². The molecule has 0 aliphatic carbocycles. The van der Waals surface area contributed by atoms with Crippen molar-refractivity contribution in [1.82, 2.24) is 9.55 Å². The average molecular weight is 176 g/mol. The number of nitrogens with two attached hydrogens (primary N) is 1. The summed E-state index contributed by atoms with van der Waals surface area (Å²) in [5, 5.41) is 8.49. The Balaban J connectivity index is 0.000000671. The van der Waals surface area contributed by atoms with Gasteiger partial charge in [-0.2, -0.15) is 5.26 Å². The van der Waals surface area contributed by atoms with Crippen molar-refractivity contribution in [1.29, 1.82) is 5.26 Å². The van der Waals surface area contributed by atoms with Gasteiger partial charge < -0.3 is 10.3 Å². The maximum Gasteiger partial charge on any atom is 0.181 e. The van der Waals surface area contributed by atoms with Crippen molar-refractivity contribution < 1.29 is 0 Å². The first-order valence-electron chi connectivity index (χ1n) is 4.22. The molecule has 2 N–H and O–H groups in total. The molecule has 0 fully saturated rings. The molecule has 0 bridgehead atoms. The molecule has 4 nitrogen and oxygen atoms in total. The fourth-order valence-electron chi connectivity index (χ4n) is 0.898. The summed E-state index contributed by atoms with van der Waals surface area (Å²) in [5.74, 6) is 0.340. The third-order valence-corrected chi connectivity index (χ3v) is 1.46. The van der Waals surface area contributed by atoms with E-state index in [1.54, 1.807) is 4.57 Å². The largest absolute Gasteiger partial charge is 0.383 e. The Morgan fingerprint density at radius 3 is 2.38 bits per heavy atom. The molecular weight excluding hydrogens is 163 g/mol. The van der Waals surface area contributed by atoms with Crippen LogP contribution in [0.15, 0.2) is 0 Å². The number of imidazole rings is 1. The molecule has 0 saturated carbocycles. The van der Waals surface area contributed by atoms with Gasteiger partial charge in [0.1, 0.15) is 11.9 Å². The molecule has 0 aromatic carbocycles. The number of nitrogen functional groups attached to an aromatic ring is 1. The maximum absolute atomic E-state index is 8.49. The van der Waals surface area contributed by atoms with Crippen LogP contribution in [-0.4, -0.2) is 17.4 Å². The Bertz CT molecular complexity index is 311. The fourth-order valence-corrected chi connectivity index (χ4v) is 0.898. The molecule has 13 heavy (non-hydrogen) atoms. The van der Waals surface area contributed by atoms with Crippen LogP contribution in [0.4, 0.5) is 5.82 Å². The lowest BCUT2D eigenvalue weighted by Crippen LogP contribution is -2.19. The van der Waals surface area contributed by atoms with E-state index in [0.29, 0.717) is 18.1 Å². The molecule has 0 spiro atoms. The predicted octanol–water partition coefficient (Wildman–Crippen LogP) is 0.177. The summed E-state index contributed by atoms with van der Waals surface area (Å²) in [5.41, 5.74) is 6.01. The zero-order valence-electron chi connectivity index (χ0n) is 8.20. The van der Waals surface area contributed by atoms with E-state index in [0.717, 1.165) is 0 Å². The van der Waals surface area contributed by atoms with Gasteiger partial charge in [-0.15, -0.1) is 0 Å². The lowest BCUT2D eigenvalue weighted by atomic mass is 10.1. The molecule has 1 aromatic rings. The first-order chi connectivity index (χ1) is 6.20. The van der Waals surface area contributed by atoms with Gasteiger partial charge in [-0.05, 0) is 6.92 Å². The van der Waals surface area contributed by atoms with Crippen LogP contribution in [0.3, 0.4) is 0 Å². The summed E-state index contributed by atoms with van der Waals surface area (Å²) in [4.78, 5) is 3.75. The minimum Gasteiger partial charge on any atom is -0.383 e. The van der Waals surface area contributed by atoms with E-state index in [2.05, 4.69) is 4.98 Å². The molecule has 0 unspecified atom stereocenters. The number of hydrogen-bond donors (Lipinski definition) is 1. The Kier molecular flexibility index (Phi) is 4.67. The molecule has 1 rings (SSSR count). The predicted molar refractivity (Wildman–Crippen MR) is 53.8 cm³/mol. The van der Waals surface area contributed by atoms with E-state index < -0.39 is 0 Å². The number of hydrogen-bond acceptors (Lipinski definition) is 3. The third kappa shape index (κ3) is 2.25. The Labute approximate surface area is 79.8 Å². The third-order valence-electron chi connectivity index (χ3n) is 1.46. The topological polar surface area (TPSA) is 67.6 Å². The molecule has 2 radical (unpaired) electrons. The molecular formula is C8H13BN4. The molecule has 1 heterocycles. The van der Waals surface area contributed by atoms with Crippen LogP contribution in [0.25, 0.3) is 0 Å². The van der Waals surface area contributed by atoms with Gasteiger partial charge in [0.25, 0.3) is 0 Å². The van der Waals surface area contributed by atoms with Crippen LogP contribution in [0, 0.1) is 11.3 Å². The van der Waals surface area contributed by atoms with Crippen molar-refractivity contribution in [3.63, 3.8) is 0 Å². The second kappa shape index (κ2) is 5.25. The average Bonchev–Trinajstić information content (AvgIpc) is 2.44. The van der Waals surface area contributed by atoms with Crippen LogP contribution >= 0.6 is 0 Å². The standard InChI is InChI=1S/C6H7BN4.C2H6/c1-2-11-5(9)4(3-8)10-6(11)7;1-2/h2,9H2,1H3;1-2H3. The van der Waals surface area contributed by atoms with Crippen molar-refractivity contribution >= 4 is 19.4 Å². The van der Waals surface area contributed by atoms with E-state index in [-0.39, 0.29) is 5.69 Å². The summed E-state index contributed by atoms with van der Waals surface area (Å²) in [6.07, 6.45) is 0. The Morgan fingerprint density at radius 2 is 2.15 bits per heavy atom. The van der Waals surface area contributed by atoms with Crippen molar-refractivity contribution in [2.45, 2.75) is 27.3 Å². The van der Waals surface area contributed by atoms with Crippen LogP contribution in [0.1, 0.15) is 26.5 Å². The maximum atomic E-state index is 8.49. The van der Waals surface area contributed by atoms with Gasteiger partial charge in [0.15, 0.2) is 13.5 Å². The molecule has 1 aromatic heterocycles. The molecule has 0 atom stereocenters. The van der Waals surface area contributed by atoms with Crippen LogP contribution in [-0.2, 0) is 6.54 Å². The Hall–Kier alpha value is -1.44. The Morgan fingerprint density at radius 1 is 1.62 bits per heavy atom. The highest BCUT2D eigenvalue weighted by atomic mass is 15.1. The molecule has 0 amide bonds. The lowest BCUT2D eigenvalue weighted by molar-refractivity contribution is 0.796.